The van der Waals surface area contributed by atoms with Gasteiger partial charge in [-0.1, -0.05) is 44.4 Å². The number of halogens is 2. The van der Waals surface area contributed by atoms with Crippen LogP contribution in [0.15, 0.2) is 24.3 Å². The van der Waals surface area contributed by atoms with Crippen LogP contribution >= 0.6 is 31.5 Å². The average Bonchev–Trinajstić information content (AvgIpc) is 1.98. The second-order valence-electron chi connectivity index (χ2n) is 3.19. The molecule has 0 bridgehead atoms. The van der Waals surface area contributed by atoms with E-state index in [9.17, 15) is 4.57 Å². The van der Waals surface area contributed by atoms with E-state index >= 15 is 0 Å². The quantitative estimate of drug-likeness (QED) is 0.437. The third-order valence-corrected chi connectivity index (χ3v) is 3.86. The topological polar surface area (TPSA) is 35.5 Å². The minimum Gasteiger partial charge on any atom is -0.0914 e. The highest BCUT2D eigenvalue weighted by molar-refractivity contribution is 7.33. The highest BCUT2D eigenvalue weighted by atomic mass is 35.5. The monoisotopic (exact) mass is 253 g/mol. The molecular weight excluding hydrogens is 246 g/mol. The zero-order chi connectivity index (χ0) is 10.2. The molecule has 0 radical (unpaired) electrons. The smallest absolute Gasteiger partial charge is 0.0914 e. The Morgan fingerprint density at radius 3 is 1.64 bits per heavy atom. The Bertz CT molecular complexity index is 301. The molecule has 0 N–H and O–H groups in total. The molecule has 6 heteroatoms. The first-order valence-corrected chi connectivity index (χ1v) is 5.95. The van der Waals surface area contributed by atoms with Crippen LogP contribution < -0.4 is 0 Å². The fourth-order valence-electron chi connectivity index (χ4n) is 1.01. The summed E-state index contributed by atoms with van der Waals surface area (Å²) < 4.78 is 21.3. The molecule has 0 spiro atoms. The summed E-state index contributed by atoms with van der Waals surface area (Å²) in [5, 5.41) is -1.93. The first-order chi connectivity index (χ1) is 6.52. The maximum atomic E-state index is 11.3. The van der Waals surface area contributed by atoms with Crippen molar-refractivity contribution in [3.05, 3.63) is 24.3 Å². The van der Waals surface area contributed by atoms with Gasteiger partial charge >= 0.3 is 8.25 Å². The van der Waals surface area contributed by atoms with Gasteiger partial charge in [-0.25, -0.2) is 0 Å². The maximum Gasteiger partial charge on any atom is 0.701 e. The van der Waals surface area contributed by atoms with Gasteiger partial charge in [-0.2, -0.15) is 0 Å². The van der Waals surface area contributed by atoms with Crippen molar-refractivity contribution in [2.24, 2.45) is 0 Å². The van der Waals surface area contributed by atoms with E-state index in [1.54, 1.807) is 12.2 Å². The summed E-state index contributed by atoms with van der Waals surface area (Å²) in [5.41, 5.74) is 0. The van der Waals surface area contributed by atoms with Gasteiger partial charge in [0.05, 0.1) is 0 Å². The molecule has 0 saturated heterocycles. The predicted molar refractivity (Wildman–Crippen MR) is 54.5 cm³/mol. The van der Waals surface area contributed by atoms with Crippen LogP contribution in [0.1, 0.15) is 12.8 Å². The molecule has 0 amide bonds. The van der Waals surface area contributed by atoms with Gasteiger partial charge in [0.2, 0.25) is 10.1 Å². The Morgan fingerprint density at radius 1 is 1.07 bits per heavy atom. The van der Waals surface area contributed by atoms with Crippen LogP contribution in [-0.2, 0) is 13.6 Å². The third kappa shape index (κ3) is 2.18. The lowest BCUT2D eigenvalue weighted by Crippen LogP contribution is -2.28. The lowest BCUT2D eigenvalue weighted by molar-refractivity contribution is 0.119. The first kappa shape index (κ1) is 10.6. The van der Waals surface area contributed by atoms with Gasteiger partial charge in [-0.05, 0) is 12.2 Å². The molecule has 0 aromatic rings. The Labute approximate surface area is 92.6 Å². The number of hydrogen-bond donors (Lipinski definition) is 0. The van der Waals surface area contributed by atoms with Crippen molar-refractivity contribution in [1.82, 2.24) is 0 Å². The van der Waals surface area contributed by atoms with Crippen LogP contribution in [-0.4, -0.2) is 10.1 Å². The van der Waals surface area contributed by atoms with Gasteiger partial charge in [0.15, 0.2) is 0 Å². The van der Waals surface area contributed by atoms with Crippen molar-refractivity contribution in [3.63, 3.8) is 0 Å². The van der Waals surface area contributed by atoms with Gasteiger partial charge in [0, 0.05) is 17.4 Å². The zero-order valence-corrected chi connectivity index (χ0v) is 9.56. The summed E-state index contributed by atoms with van der Waals surface area (Å²) >= 11 is 11.7. The first-order valence-electron chi connectivity index (χ1n) is 4.10. The van der Waals surface area contributed by atoms with Gasteiger partial charge in [0.1, 0.15) is 0 Å². The standard InChI is InChI=1S/C8H8Cl2O3P/c9-7(3-1-4-7)12-14(11)13-8(10)5-2-6-8/h1-3,5H,4,6H2/q+1. The number of rotatable bonds is 4. The largest absolute Gasteiger partial charge is 0.701 e. The minimum absolute atomic E-state index is 0.532. The summed E-state index contributed by atoms with van der Waals surface area (Å²) in [6, 6.07) is 0. The van der Waals surface area contributed by atoms with Crippen LogP contribution in [0.4, 0.5) is 0 Å². The van der Waals surface area contributed by atoms with E-state index in [4.69, 9.17) is 32.2 Å². The molecule has 0 aromatic carbocycles. The summed E-state index contributed by atoms with van der Waals surface area (Å²) in [5.74, 6) is 0. The van der Waals surface area contributed by atoms with Crippen molar-refractivity contribution in [2.75, 3.05) is 0 Å². The molecule has 2 aliphatic carbocycles. The van der Waals surface area contributed by atoms with Crippen molar-refractivity contribution in [1.29, 1.82) is 0 Å². The fraction of sp³-hybridized carbons (Fsp3) is 0.500. The van der Waals surface area contributed by atoms with Crippen LogP contribution in [0, 0.1) is 0 Å². The Kier molecular flexibility index (Phi) is 2.71. The SMILES string of the molecule is O=[P+](OC1(Cl)C=CC1)OC1(Cl)C=CC1. The molecule has 0 aromatic heterocycles. The molecule has 0 heterocycles. The van der Waals surface area contributed by atoms with Crippen molar-refractivity contribution in [3.8, 4) is 0 Å². The summed E-state index contributed by atoms with van der Waals surface area (Å²) in [7, 11) is -2.28. The summed E-state index contributed by atoms with van der Waals surface area (Å²) in [4.78, 5) is 0. The Morgan fingerprint density at radius 2 is 1.43 bits per heavy atom. The van der Waals surface area contributed by atoms with E-state index in [1.165, 1.54) is 0 Å². The van der Waals surface area contributed by atoms with Gasteiger partial charge in [-0.15, -0.1) is 0 Å². The molecular formula is C8H8Cl2O3P+. The molecule has 2 unspecified atom stereocenters. The van der Waals surface area contributed by atoms with Crippen molar-refractivity contribution < 1.29 is 13.6 Å². The van der Waals surface area contributed by atoms with Gasteiger partial charge in [0.25, 0.3) is 0 Å². The minimum atomic E-state index is -2.28. The Balaban J connectivity index is 1.85. The van der Waals surface area contributed by atoms with Gasteiger partial charge < -0.3 is 0 Å². The number of alkyl halides is 2. The lowest BCUT2D eigenvalue weighted by atomic mass is 10.1. The van der Waals surface area contributed by atoms with E-state index in [0.717, 1.165) is 0 Å². The molecule has 3 nitrogen and oxygen atoms in total. The van der Waals surface area contributed by atoms with E-state index < -0.39 is 18.4 Å². The summed E-state index contributed by atoms with van der Waals surface area (Å²) in [6.45, 7) is 0. The average molecular weight is 254 g/mol. The highest BCUT2D eigenvalue weighted by Crippen LogP contribution is 2.47. The predicted octanol–water partition coefficient (Wildman–Crippen LogP) is 3.47. The second kappa shape index (κ2) is 3.58. The van der Waals surface area contributed by atoms with Gasteiger partial charge in [-0.3, -0.25) is 0 Å². The normalized spacial score (nSPS) is 40.3. The zero-order valence-electron chi connectivity index (χ0n) is 7.15. The second-order valence-corrected chi connectivity index (χ2v) is 5.28. The Hall–Kier alpha value is 0.0800. The van der Waals surface area contributed by atoms with E-state index in [-0.39, 0.29) is 0 Å². The van der Waals surface area contributed by atoms with Crippen molar-refractivity contribution >= 4 is 31.5 Å². The van der Waals surface area contributed by atoms with Crippen LogP contribution in [0.3, 0.4) is 0 Å². The molecule has 0 aliphatic heterocycles. The maximum absolute atomic E-state index is 11.3. The molecule has 2 rings (SSSR count). The fourth-order valence-corrected chi connectivity index (χ4v) is 2.51. The highest BCUT2D eigenvalue weighted by Gasteiger charge is 2.47. The van der Waals surface area contributed by atoms with Crippen LogP contribution in [0.25, 0.3) is 0 Å². The number of hydrogen-bond acceptors (Lipinski definition) is 3. The molecule has 2 atom stereocenters. The van der Waals surface area contributed by atoms with Crippen LogP contribution in [0.2, 0.25) is 0 Å². The molecule has 0 fully saturated rings. The molecule has 14 heavy (non-hydrogen) atoms. The van der Waals surface area contributed by atoms with Crippen molar-refractivity contribution in [2.45, 2.75) is 23.0 Å². The van der Waals surface area contributed by atoms with Crippen LogP contribution in [0.5, 0.6) is 0 Å². The molecule has 0 saturated carbocycles. The third-order valence-electron chi connectivity index (χ3n) is 1.98. The summed E-state index contributed by atoms with van der Waals surface area (Å²) in [6.07, 6.45) is 7.98. The molecule has 2 aliphatic rings. The van der Waals surface area contributed by atoms with E-state index in [1.807, 2.05) is 12.2 Å². The molecule has 76 valence electrons. The lowest BCUT2D eigenvalue weighted by Gasteiger charge is -2.24. The van der Waals surface area contributed by atoms with E-state index in [2.05, 4.69) is 0 Å². The van der Waals surface area contributed by atoms with E-state index in [0.29, 0.717) is 12.8 Å².